The Kier molecular flexibility index (Phi) is 5.46. The quantitative estimate of drug-likeness (QED) is 0.873. The summed E-state index contributed by atoms with van der Waals surface area (Å²) in [4.78, 5) is 0.136. The van der Waals surface area contributed by atoms with E-state index >= 15 is 0 Å². The van der Waals surface area contributed by atoms with Crippen LogP contribution >= 0.6 is 0 Å². The van der Waals surface area contributed by atoms with Gasteiger partial charge >= 0.3 is 0 Å². The van der Waals surface area contributed by atoms with Crippen molar-refractivity contribution in [1.29, 1.82) is 0 Å². The Labute approximate surface area is 114 Å². The molecule has 0 aliphatic rings. The zero-order valence-electron chi connectivity index (χ0n) is 11.7. The average molecular weight is 289 g/mol. The lowest BCUT2D eigenvalue weighted by Gasteiger charge is -2.16. The number of aryl methyl sites for hydroxylation is 2. The number of benzene rings is 1. The largest absolute Gasteiger partial charge is 0.380 e. The predicted octanol–water partition coefficient (Wildman–Crippen LogP) is 2.15. The Morgan fingerprint density at radius 1 is 1.32 bits per heavy atom. The number of sulfonamides is 1. The van der Waals surface area contributed by atoms with Crippen molar-refractivity contribution >= 4 is 10.0 Å². The van der Waals surface area contributed by atoms with Gasteiger partial charge in [0.1, 0.15) is 5.82 Å². The maximum absolute atomic E-state index is 13.2. The Bertz CT molecular complexity index is 520. The minimum atomic E-state index is -3.66. The van der Waals surface area contributed by atoms with Gasteiger partial charge in [0.2, 0.25) is 10.0 Å². The molecule has 1 rings (SSSR count). The van der Waals surface area contributed by atoms with E-state index in [2.05, 4.69) is 4.72 Å². The van der Waals surface area contributed by atoms with Crippen LogP contribution in [0.15, 0.2) is 17.0 Å². The Morgan fingerprint density at radius 3 is 2.32 bits per heavy atom. The summed E-state index contributed by atoms with van der Waals surface area (Å²) in [5, 5.41) is 0. The highest BCUT2D eigenvalue weighted by atomic mass is 32.2. The fourth-order valence-corrected chi connectivity index (χ4v) is 3.65. The van der Waals surface area contributed by atoms with Crippen LogP contribution in [0.5, 0.6) is 0 Å². The van der Waals surface area contributed by atoms with Gasteiger partial charge in [0.15, 0.2) is 0 Å². The van der Waals surface area contributed by atoms with Crippen LogP contribution in [0.3, 0.4) is 0 Å². The van der Waals surface area contributed by atoms with E-state index in [1.807, 2.05) is 6.92 Å². The van der Waals surface area contributed by atoms with E-state index in [0.717, 1.165) is 0 Å². The zero-order valence-corrected chi connectivity index (χ0v) is 12.5. The van der Waals surface area contributed by atoms with Crippen molar-refractivity contribution in [2.24, 2.45) is 0 Å². The van der Waals surface area contributed by atoms with Gasteiger partial charge in [-0.2, -0.15) is 0 Å². The van der Waals surface area contributed by atoms with Gasteiger partial charge in [-0.05, 0) is 51.0 Å². The molecule has 0 aliphatic heterocycles. The molecule has 108 valence electrons. The minimum absolute atomic E-state index is 0.136. The van der Waals surface area contributed by atoms with E-state index in [9.17, 15) is 12.8 Å². The lowest BCUT2D eigenvalue weighted by molar-refractivity contribution is 0.133. The summed E-state index contributed by atoms with van der Waals surface area (Å²) >= 11 is 0. The second-order valence-electron chi connectivity index (χ2n) is 4.55. The number of hydrogen-bond acceptors (Lipinski definition) is 3. The molecule has 0 spiro atoms. The first-order chi connectivity index (χ1) is 8.77. The van der Waals surface area contributed by atoms with Crippen molar-refractivity contribution in [3.05, 3.63) is 29.1 Å². The molecule has 0 fully saturated rings. The molecule has 1 aromatic carbocycles. The molecule has 0 bridgehead atoms. The molecule has 1 atom stereocenters. The number of halogens is 1. The van der Waals surface area contributed by atoms with Crippen LogP contribution in [-0.2, 0) is 14.8 Å². The second kappa shape index (κ2) is 6.45. The van der Waals surface area contributed by atoms with Gasteiger partial charge in [0, 0.05) is 12.6 Å². The standard InChI is InChI=1S/C13H20FNO3S/c1-5-18-8-11(4)15-19(16,17)13-9(2)6-12(14)7-10(13)3/h6-7,11,15H,5,8H2,1-4H3. The fourth-order valence-electron chi connectivity index (χ4n) is 1.97. The number of ether oxygens (including phenoxy) is 1. The maximum atomic E-state index is 13.2. The lowest BCUT2D eigenvalue weighted by Crippen LogP contribution is -2.36. The molecular weight excluding hydrogens is 269 g/mol. The highest BCUT2D eigenvalue weighted by Gasteiger charge is 2.22. The molecule has 6 heteroatoms. The number of hydrogen-bond donors (Lipinski definition) is 1. The van der Waals surface area contributed by atoms with Crippen LogP contribution in [-0.4, -0.2) is 27.7 Å². The molecule has 0 amide bonds. The van der Waals surface area contributed by atoms with E-state index in [4.69, 9.17) is 4.74 Å². The minimum Gasteiger partial charge on any atom is -0.380 e. The van der Waals surface area contributed by atoms with Crippen molar-refractivity contribution in [2.45, 2.75) is 38.6 Å². The summed E-state index contributed by atoms with van der Waals surface area (Å²) in [5.74, 6) is -0.434. The van der Waals surface area contributed by atoms with Crippen molar-refractivity contribution < 1.29 is 17.5 Å². The van der Waals surface area contributed by atoms with Crippen LogP contribution in [0.2, 0.25) is 0 Å². The van der Waals surface area contributed by atoms with E-state index in [1.54, 1.807) is 20.8 Å². The average Bonchev–Trinajstić information content (AvgIpc) is 2.23. The summed E-state index contributed by atoms with van der Waals surface area (Å²) in [6.07, 6.45) is 0. The SMILES string of the molecule is CCOCC(C)NS(=O)(=O)c1c(C)cc(F)cc1C. The van der Waals surface area contributed by atoms with Gasteiger partial charge in [-0.3, -0.25) is 0 Å². The molecule has 1 unspecified atom stereocenters. The van der Waals surface area contributed by atoms with Gasteiger partial charge in [0.25, 0.3) is 0 Å². The molecule has 1 N–H and O–H groups in total. The van der Waals surface area contributed by atoms with Gasteiger partial charge in [-0.15, -0.1) is 0 Å². The summed E-state index contributed by atoms with van der Waals surface area (Å²) < 4.78 is 45.4. The predicted molar refractivity (Wildman–Crippen MR) is 72.2 cm³/mol. The molecule has 0 aliphatic carbocycles. The van der Waals surface area contributed by atoms with Gasteiger partial charge in [0.05, 0.1) is 11.5 Å². The molecule has 0 heterocycles. The van der Waals surface area contributed by atoms with Crippen LogP contribution in [0, 0.1) is 19.7 Å². The molecule has 0 radical (unpaired) electrons. The monoisotopic (exact) mass is 289 g/mol. The molecule has 0 saturated carbocycles. The lowest BCUT2D eigenvalue weighted by atomic mass is 10.1. The maximum Gasteiger partial charge on any atom is 0.241 e. The summed E-state index contributed by atoms with van der Waals surface area (Å²) in [6, 6.07) is 2.10. The zero-order chi connectivity index (χ0) is 14.6. The van der Waals surface area contributed by atoms with Crippen molar-refractivity contribution in [3.8, 4) is 0 Å². The molecule has 0 aromatic heterocycles. The van der Waals surface area contributed by atoms with Crippen LogP contribution in [0.25, 0.3) is 0 Å². The van der Waals surface area contributed by atoms with Gasteiger partial charge < -0.3 is 4.74 Å². The Morgan fingerprint density at radius 2 is 1.84 bits per heavy atom. The topological polar surface area (TPSA) is 55.4 Å². The summed E-state index contributed by atoms with van der Waals surface area (Å²) in [5.41, 5.74) is 0.794. The number of nitrogens with one attached hydrogen (secondary N) is 1. The van der Waals surface area contributed by atoms with E-state index in [1.165, 1.54) is 12.1 Å². The van der Waals surface area contributed by atoms with Crippen molar-refractivity contribution in [2.75, 3.05) is 13.2 Å². The van der Waals surface area contributed by atoms with Crippen molar-refractivity contribution in [1.82, 2.24) is 4.72 Å². The third-order valence-corrected chi connectivity index (χ3v) is 4.52. The Balaban J connectivity index is 3.01. The Hall–Kier alpha value is -0.980. The summed E-state index contributed by atoms with van der Waals surface area (Å²) in [6.45, 7) is 7.56. The van der Waals surface area contributed by atoms with E-state index in [0.29, 0.717) is 24.3 Å². The molecule has 1 aromatic rings. The van der Waals surface area contributed by atoms with E-state index in [-0.39, 0.29) is 10.9 Å². The second-order valence-corrected chi connectivity index (χ2v) is 6.20. The van der Waals surface area contributed by atoms with Gasteiger partial charge in [-0.25, -0.2) is 17.5 Å². The highest BCUT2D eigenvalue weighted by Crippen LogP contribution is 2.21. The van der Waals surface area contributed by atoms with Crippen molar-refractivity contribution in [3.63, 3.8) is 0 Å². The van der Waals surface area contributed by atoms with Crippen LogP contribution in [0.4, 0.5) is 4.39 Å². The van der Waals surface area contributed by atoms with Gasteiger partial charge in [-0.1, -0.05) is 0 Å². The normalized spacial score (nSPS) is 13.5. The first-order valence-electron chi connectivity index (χ1n) is 6.14. The van der Waals surface area contributed by atoms with E-state index < -0.39 is 15.8 Å². The number of rotatable bonds is 6. The smallest absolute Gasteiger partial charge is 0.241 e. The molecule has 4 nitrogen and oxygen atoms in total. The molecule has 0 saturated heterocycles. The summed E-state index contributed by atoms with van der Waals surface area (Å²) in [7, 11) is -3.66. The van der Waals surface area contributed by atoms with Crippen LogP contribution < -0.4 is 4.72 Å². The third kappa shape index (κ3) is 4.26. The highest BCUT2D eigenvalue weighted by molar-refractivity contribution is 7.89. The third-order valence-electron chi connectivity index (χ3n) is 2.62. The molecule has 19 heavy (non-hydrogen) atoms. The fraction of sp³-hybridized carbons (Fsp3) is 0.538. The first kappa shape index (κ1) is 16.1. The first-order valence-corrected chi connectivity index (χ1v) is 7.63. The van der Waals surface area contributed by atoms with Crippen LogP contribution in [0.1, 0.15) is 25.0 Å². The molecular formula is C13H20FNO3S.